The Morgan fingerprint density at radius 1 is 1.15 bits per heavy atom. The first kappa shape index (κ1) is 12.4. The quantitative estimate of drug-likeness (QED) is 0.789. The van der Waals surface area contributed by atoms with Gasteiger partial charge in [0.05, 0.1) is 6.61 Å². The van der Waals surface area contributed by atoms with E-state index in [1.807, 2.05) is 42.6 Å². The van der Waals surface area contributed by atoms with Gasteiger partial charge in [-0.1, -0.05) is 12.1 Å². The molecule has 2 heterocycles. The molecule has 0 aliphatic rings. The van der Waals surface area contributed by atoms with Crippen LogP contribution in [0.1, 0.15) is 16.8 Å². The Kier molecular flexibility index (Phi) is 3.20. The highest BCUT2D eigenvalue weighted by Gasteiger charge is 2.04. The van der Waals surface area contributed by atoms with E-state index in [2.05, 4.69) is 9.55 Å². The molecular weight excluding hydrogens is 250 g/mol. The average molecular weight is 263 g/mol. The highest BCUT2D eigenvalue weighted by Crippen LogP contribution is 2.19. The van der Waals surface area contributed by atoms with Crippen LogP contribution in [0, 0.1) is 11.3 Å². The van der Waals surface area contributed by atoms with Crippen LogP contribution >= 0.6 is 0 Å². The van der Waals surface area contributed by atoms with E-state index in [1.165, 1.54) is 0 Å². The molecule has 98 valence electrons. The molecule has 0 saturated carbocycles. The number of aliphatic hydroxyl groups excluding tert-OH is 1. The summed E-state index contributed by atoms with van der Waals surface area (Å²) >= 11 is 0. The van der Waals surface area contributed by atoms with Crippen molar-refractivity contribution in [2.75, 3.05) is 0 Å². The molecule has 0 spiro atoms. The number of benzene rings is 1. The third-order valence-electron chi connectivity index (χ3n) is 3.31. The molecule has 0 aliphatic heterocycles. The van der Waals surface area contributed by atoms with E-state index in [-0.39, 0.29) is 6.61 Å². The summed E-state index contributed by atoms with van der Waals surface area (Å²) in [6, 6.07) is 13.7. The predicted molar refractivity (Wildman–Crippen MR) is 75.9 cm³/mol. The zero-order valence-electron chi connectivity index (χ0n) is 10.8. The summed E-state index contributed by atoms with van der Waals surface area (Å²) < 4.78 is 2.10. The standard InChI is InChI=1S/C16H13N3O/c17-9-15-7-12(3-5-18-15)10-19-6-4-14-2-1-13(11-20)8-16(14)19/h1-8,20H,10-11H2. The lowest BCUT2D eigenvalue weighted by Crippen LogP contribution is -1.99. The monoisotopic (exact) mass is 263 g/mol. The second-order valence-electron chi connectivity index (χ2n) is 4.66. The second-order valence-corrected chi connectivity index (χ2v) is 4.66. The molecule has 1 aromatic carbocycles. The highest BCUT2D eigenvalue weighted by atomic mass is 16.3. The zero-order valence-corrected chi connectivity index (χ0v) is 10.8. The minimum absolute atomic E-state index is 0.0367. The maximum Gasteiger partial charge on any atom is 0.140 e. The van der Waals surface area contributed by atoms with Crippen LogP contribution in [0.25, 0.3) is 10.9 Å². The van der Waals surface area contributed by atoms with Gasteiger partial charge < -0.3 is 9.67 Å². The van der Waals surface area contributed by atoms with Crippen LogP contribution in [0.4, 0.5) is 0 Å². The summed E-state index contributed by atoms with van der Waals surface area (Å²) in [6.45, 7) is 0.713. The number of nitriles is 1. The van der Waals surface area contributed by atoms with Crippen LogP contribution in [0.3, 0.4) is 0 Å². The SMILES string of the molecule is N#Cc1cc(Cn2ccc3ccc(CO)cc32)ccn1. The fraction of sp³-hybridized carbons (Fsp3) is 0.125. The number of hydrogen-bond donors (Lipinski definition) is 1. The van der Waals surface area contributed by atoms with Gasteiger partial charge in [-0.25, -0.2) is 4.98 Å². The van der Waals surface area contributed by atoms with Crippen molar-refractivity contribution in [3.63, 3.8) is 0 Å². The molecule has 2 aromatic heterocycles. The van der Waals surface area contributed by atoms with Crippen LogP contribution in [-0.4, -0.2) is 14.7 Å². The molecule has 0 aliphatic carbocycles. The molecule has 0 atom stereocenters. The Balaban J connectivity index is 2.00. The Morgan fingerprint density at radius 3 is 2.85 bits per heavy atom. The van der Waals surface area contributed by atoms with Crippen LogP contribution < -0.4 is 0 Å². The summed E-state index contributed by atoms with van der Waals surface area (Å²) in [4.78, 5) is 3.97. The van der Waals surface area contributed by atoms with Gasteiger partial charge in [0.15, 0.2) is 0 Å². The van der Waals surface area contributed by atoms with Crippen molar-refractivity contribution in [1.82, 2.24) is 9.55 Å². The lowest BCUT2D eigenvalue weighted by Gasteiger charge is -2.07. The Bertz CT molecular complexity index is 799. The van der Waals surface area contributed by atoms with Crippen molar-refractivity contribution in [3.8, 4) is 6.07 Å². The maximum absolute atomic E-state index is 9.23. The average Bonchev–Trinajstić information content (AvgIpc) is 2.89. The van der Waals surface area contributed by atoms with E-state index in [0.717, 1.165) is 22.0 Å². The van der Waals surface area contributed by atoms with Gasteiger partial charge >= 0.3 is 0 Å². The van der Waals surface area contributed by atoms with Crippen molar-refractivity contribution in [2.24, 2.45) is 0 Å². The third-order valence-corrected chi connectivity index (χ3v) is 3.31. The number of aliphatic hydroxyl groups is 1. The van der Waals surface area contributed by atoms with Gasteiger partial charge in [-0.3, -0.25) is 0 Å². The number of fused-ring (bicyclic) bond motifs is 1. The van der Waals surface area contributed by atoms with Gasteiger partial charge in [0.1, 0.15) is 11.8 Å². The summed E-state index contributed by atoms with van der Waals surface area (Å²) in [7, 11) is 0. The topological polar surface area (TPSA) is 61.8 Å². The molecule has 0 radical (unpaired) electrons. The molecule has 0 amide bonds. The molecule has 0 bridgehead atoms. The van der Waals surface area contributed by atoms with Gasteiger partial charge in [0.25, 0.3) is 0 Å². The number of nitrogens with zero attached hydrogens (tertiary/aromatic N) is 3. The molecule has 0 unspecified atom stereocenters. The molecule has 0 saturated heterocycles. The molecule has 3 rings (SSSR count). The molecule has 4 nitrogen and oxygen atoms in total. The first-order valence-corrected chi connectivity index (χ1v) is 6.34. The van der Waals surface area contributed by atoms with Crippen LogP contribution in [0.15, 0.2) is 48.8 Å². The number of aromatic nitrogens is 2. The number of hydrogen-bond acceptors (Lipinski definition) is 3. The fourth-order valence-electron chi connectivity index (χ4n) is 2.30. The van der Waals surface area contributed by atoms with Gasteiger partial charge in [0.2, 0.25) is 0 Å². The molecule has 3 aromatic rings. The van der Waals surface area contributed by atoms with Crippen molar-refractivity contribution in [3.05, 3.63) is 65.6 Å². The van der Waals surface area contributed by atoms with E-state index in [0.29, 0.717) is 12.2 Å². The Labute approximate surface area is 116 Å². The van der Waals surface area contributed by atoms with Crippen LogP contribution in [0.5, 0.6) is 0 Å². The maximum atomic E-state index is 9.23. The number of pyridine rings is 1. The third kappa shape index (κ3) is 2.27. The van der Waals surface area contributed by atoms with Crippen molar-refractivity contribution < 1.29 is 5.11 Å². The summed E-state index contributed by atoms with van der Waals surface area (Å²) in [6.07, 6.45) is 3.66. The lowest BCUT2D eigenvalue weighted by molar-refractivity contribution is 0.282. The van der Waals surface area contributed by atoms with Crippen molar-refractivity contribution >= 4 is 10.9 Å². The first-order chi connectivity index (χ1) is 9.80. The van der Waals surface area contributed by atoms with E-state index in [4.69, 9.17) is 5.26 Å². The van der Waals surface area contributed by atoms with E-state index in [9.17, 15) is 5.11 Å². The molecule has 0 fully saturated rings. The van der Waals surface area contributed by atoms with Gasteiger partial charge in [-0.2, -0.15) is 5.26 Å². The van der Waals surface area contributed by atoms with E-state index < -0.39 is 0 Å². The summed E-state index contributed by atoms with van der Waals surface area (Å²) in [5.41, 5.74) is 3.43. The molecule has 1 N–H and O–H groups in total. The van der Waals surface area contributed by atoms with Crippen LogP contribution in [0.2, 0.25) is 0 Å². The fourth-order valence-corrected chi connectivity index (χ4v) is 2.30. The Hall–Kier alpha value is -2.64. The second kappa shape index (κ2) is 5.16. The molecule has 20 heavy (non-hydrogen) atoms. The van der Waals surface area contributed by atoms with Gasteiger partial charge in [-0.15, -0.1) is 0 Å². The minimum Gasteiger partial charge on any atom is -0.392 e. The van der Waals surface area contributed by atoms with Crippen LogP contribution in [-0.2, 0) is 13.2 Å². The Morgan fingerprint density at radius 2 is 2.05 bits per heavy atom. The van der Waals surface area contributed by atoms with Crippen molar-refractivity contribution in [1.29, 1.82) is 5.26 Å². The number of rotatable bonds is 3. The smallest absolute Gasteiger partial charge is 0.140 e. The van der Waals surface area contributed by atoms with Gasteiger partial charge in [0, 0.05) is 24.5 Å². The van der Waals surface area contributed by atoms with E-state index in [1.54, 1.807) is 12.3 Å². The first-order valence-electron chi connectivity index (χ1n) is 6.34. The van der Waals surface area contributed by atoms with Crippen molar-refractivity contribution in [2.45, 2.75) is 13.2 Å². The molecular formula is C16H13N3O. The summed E-state index contributed by atoms with van der Waals surface area (Å²) in [5, 5.41) is 19.2. The largest absolute Gasteiger partial charge is 0.392 e. The normalized spacial score (nSPS) is 10.6. The minimum atomic E-state index is 0.0367. The highest BCUT2D eigenvalue weighted by molar-refractivity contribution is 5.80. The summed E-state index contributed by atoms with van der Waals surface area (Å²) in [5.74, 6) is 0. The van der Waals surface area contributed by atoms with E-state index >= 15 is 0 Å². The van der Waals surface area contributed by atoms with Gasteiger partial charge in [-0.05, 0) is 40.8 Å². The zero-order chi connectivity index (χ0) is 13.9. The molecule has 4 heteroatoms. The predicted octanol–water partition coefficient (Wildman–Crippen LogP) is 2.45. The lowest BCUT2D eigenvalue weighted by atomic mass is 10.1.